The lowest BCUT2D eigenvalue weighted by molar-refractivity contribution is -0.116. The molecule has 2 aromatic carbocycles. The zero-order chi connectivity index (χ0) is 18.4. The number of nitrogens with zero attached hydrogens (tertiary/aromatic N) is 1. The van der Waals surface area contributed by atoms with Gasteiger partial charge in [0, 0.05) is 23.7 Å². The molecule has 6 nitrogen and oxygen atoms in total. The van der Waals surface area contributed by atoms with Gasteiger partial charge in [-0.3, -0.25) is 9.10 Å². The van der Waals surface area contributed by atoms with Crippen LogP contribution < -0.4 is 14.4 Å². The van der Waals surface area contributed by atoms with Gasteiger partial charge in [0.05, 0.1) is 19.1 Å². The van der Waals surface area contributed by atoms with E-state index in [0.29, 0.717) is 22.1 Å². The number of nitrogens with one attached hydrogen (secondary N) is 1. The topological polar surface area (TPSA) is 75.7 Å². The molecule has 0 aliphatic heterocycles. The molecule has 0 radical (unpaired) electrons. The average molecular weight is 383 g/mol. The monoisotopic (exact) mass is 382 g/mol. The Hall–Kier alpha value is -2.25. The SMILES string of the molecule is COc1ccccc1N(CCC(=O)Nc1ccc(Cl)cc1)S(C)(=O)=O. The first kappa shape index (κ1) is 19.1. The highest BCUT2D eigenvalue weighted by Gasteiger charge is 2.21. The van der Waals surface area contributed by atoms with Gasteiger partial charge in [0.1, 0.15) is 5.75 Å². The van der Waals surface area contributed by atoms with E-state index in [1.807, 2.05) is 0 Å². The van der Waals surface area contributed by atoms with Gasteiger partial charge < -0.3 is 10.1 Å². The summed E-state index contributed by atoms with van der Waals surface area (Å²) in [6.07, 6.45) is 1.09. The van der Waals surface area contributed by atoms with Crippen LogP contribution in [0.15, 0.2) is 48.5 Å². The van der Waals surface area contributed by atoms with Gasteiger partial charge in [0.2, 0.25) is 15.9 Å². The van der Waals surface area contributed by atoms with Crippen molar-refractivity contribution in [2.45, 2.75) is 6.42 Å². The standard InChI is InChI=1S/C17H19ClN2O4S/c1-24-16-6-4-3-5-15(16)20(25(2,22)23)12-11-17(21)19-14-9-7-13(18)8-10-14/h3-10H,11-12H2,1-2H3,(H,19,21). The number of ether oxygens (including phenoxy) is 1. The number of hydrogen-bond donors (Lipinski definition) is 1. The van der Waals surface area contributed by atoms with Crippen molar-refractivity contribution in [3.05, 3.63) is 53.6 Å². The fraction of sp³-hybridized carbons (Fsp3) is 0.235. The van der Waals surface area contributed by atoms with Crippen molar-refractivity contribution in [1.82, 2.24) is 0 Å². The lowest BCUT2D eigenvalue weighted by Crippen LogP contribution is -2.33. The van der Waals surface area contributed by atoms with Gasteiger partial charge in [0.25, 0.3) is 0 Å². The van der Waals surface area contributed by atoms with Gasteiger partial charge in [-0.25, -0.2) is 8.42 Å². The molecule has 2 rings (SSSR count). The molecule has 0 heterocycles. The van der Waals surface area contributed by atoms with Gasteiger partial charge in [-0.15, -0.1) is 0 Å². The van der Waals surface area contributed by atoms with Crippen LogP contribution in [0.1, 0.15) is 6.42 Å². The number of benzene rings is 2. The van der Waals surface area contributed by atoms with Crippen LogP contribution in [0.5, 0.6) is 5.75 Å². The second-order valence-corrected chi connectivity index (χ2v) is 7.66. The van der Waals surface area contributed by atoms with E-state index in [1.165, 1.54) is 7.11 Å². The third-order valence-corrected chi connectivity index (χ3v) is 4.86. The molecule has 0 spiro atoms. The number of hydrogen-bond acceptors (Lipinski definition) is 4. The quantitative estimate of drug-likeness (QED) is 0.798. The molecule has 0 saturated heterocycles. The highest BCUT2D eigenvalue weighted by Crippen LogP contribution is 2.29. The van der Waals surface area contributed by atoms with Crippen LogP contribution >= 0.6 is 11.6 Å². The number of anilines is 2. The maximum atomic E-state index is 12.1. The molecule has 0 fully saturated rings. The summed E-state index contributed by atoms with van der Waals surface area (Å²) in [4.78, 5) is 12.1. The van der Waals surface area contributed by atoms with Crippen LogP contribution in [0, 0.1) is 0 Å². The number of rotatable bonds is 7. The molecule has 0 saturated carbocycles. The second-order valence-electron chi connectivity index (χ2n) is 5.31. The molecular weight excluding hydrogens is 364 g/mol. The molecule has 1 N–H and O–H groups in total. The summed E-state index contributed by atoms with van der Waals surface area (Å²) in [5.41, 5.74) is 0.990. The molecule has 134 valence electrons. The van der Waals surface area contributed by atoms with Crippen LogP contribution in [0.3, 0.4) is 0 Å². The number of para-hydroxylation sites is 2. The van der Waals surface area contributed by atoms with E-state index in [-0.39, 0.29) is 18.9 Å². The predicted molar refractivity (Wildman–Crippen MR) is 99.9 cm³/mol. The van der Waals surface area contributed by atoms with Gasteiger partial charge in [-0.05, 0) is 36.4 Å². The average Bonchev–Trinajstić information content (AvgIpc) is 2.56. The van der Waals surface area contributed by atoms with Crippen LogP contribution in [-0.2, 0) is 14.8 Å². The van der Waals surface area contributed by atoms with Gasteiger partial charge in [0.15, 0.2) is 0 Å². The third kappa shape index (κ3) is 5.37. The van der Waals surface area contributed by atoms with Crippen molar-refractivity contribution < 1.29 is 17.9 Å². The van der Waals surface area contributed by atoms with Crippen molar-refractivity contribution in [1.29, 1.82) is 0 Å². The highest BCUT2D eigenvalue weighted by molar-refractivity contribution is 7.92. The van der Waals surface area contributed by atoms with Crippen LogP contribution in [0.25, 0.3) is 0 Å². The van der Waals surface area contributed by atoms with E-state index in [4.69, 9.17) is 16.3 Å². The summed E-state index contributed by atoms with van der Waals surface area (Å²) < 4.78 is 30.6. The molecule has 0 unspecified atom stereocenters. The Bertz CT molecular complexity index is 838. The summed E-state index contributed by atoms with van der Waals surface area (Å²) in [7, 11) is -2.10. The molecule has 8 heteroatoms. The fourth-order valence-corrected chi connectivity index (χ4v) is 3.32. The predicted octanol–water partition coefficient (Wildman–Crippen LogP) is 3.14. The van der Waals surface area contributed by atoms with E-state index < -0.39 is 10.0 Å². The number of sulfonamides is 1. The smallest absolute Gasteiger partial charge is 0.232 e. The molecule has 0 aliphatic carbocycles. The Morgan fingerprint density at radius 2 is 1.80 bits per heavy atom. The summed E-state index contributed by atoms with van der Waals surface area (Å²) in [6.45, 7) is -0.00136. The second kappa shape index (κ2) is 8.22. The first-order chi connectivity index (χ1) is 11.8. The molecule has 2 aromatic rings. The Balaban J connectivity index is 2.10. The van der Waals surface area contributed by atoms with E-state index >= 15 is 0 Å². The number of carbonyl (C=O) groups is 1. The van der Waals surface area contributed by atoms with E-state index in [0.717, 1.165) is 10.6 Å². The lowest BCUT2D eigenvalue weighted by atomic mass is 10.2. The minimum absolute atomic E-state index is 0.00136. The summed E-state index contributed by atoms with van der Waals surface area (Å²) in [5, 5.41) is 3.27. The molecule has 25 heavy (non-hydrogen) atoms. The molecule has 0 bridgehead atoms. The summed E-state index contributed by atoms with van der Waals surface area (Å²) >= 11 is 5.80. The maximum Gasteiger partial charge on any atom is 0.232 e. The molecule has 0 aromatic heterocycles. The van der Waals surface area contributed by atoms with E-state index in [1.54, 1.807) is 48.5 Å². The van der Waals surface area contributed by atoms with E-state index in [9.17, 15) is 13.2 Å². The first-order valence-electron chi connectivity index (χ1n) is 7.47. The Morgan fingerprint density at radius 1 is 1.16 bits per heavy atom. The van der Waals surface area contributed by atoms with Crippen molar-refractivity contribution in [3.63, 3.8) is 0 Å². The van der Waals surface area contributed by atoms with Crippen LogP contribution in [0.4, 0.5) is 11.4 Å². The number of carbonyl (C=O) groups excluding carboxylic acids is 1. The lowest BCUT2D eigenvalue weighted by Gasteiger charge is -2.24. The Labute approximate surface area is 152 Å². The molecular formula is C17H19ClN2O4S. The van der Waals surface area contributed by atoms with Crippen molar-refractivity contribution in [3.8, 4) is 5.75 Å². The van der Waals surface area contributed by atoms with Crippen LogP contribution in [0.2, 0.25) is 5.02 Å². The number of amides is 1. The Morgan fingerprint density at radius 3 is 2.40 bits per heavy atom. The minimum Gasteiger partial charge on any atom is -0.495 e. The maximum absolute atomic E-state index is 12.1. The largest absolute Gasteiger partial charge is 0.495 e. The third-order valence-electron chi connectivity index (χ3n) is 3.42. The zero-order valence-corrected chi connectivity index (χ0v) is 15.5. The number of methoxy groups -OCH3 is 1. The van der Waals surface area contributed by atoms with Gasteiger partial charge >= 0.3 is 0 Å². The minimum atomic E-state index is -3.57. The van der Waals surface area contributed by atoms with Gasteiger partial charge in [-0.1, -0.05) is 23.7 Å². The molecule has 0 aliphatic rings. The zero-order valence-electron chi connectivity index (χ0n) is 13.9. The fourth-order valence-electron chi connectivity index (χ4n) is 2.26. The summed E-state index contributed by atoms with van der Waals surface area (Å²) in [6, 6.07) is 13.4. The highest BCUT2D eigenvalue weighted by atomic mass is 35.5. The normalized spacial score (nSPS) is 11.0. The van der Waals surface area contributed by atoms with Gasteiger partial charge in [-0.2, -0.15) is 0 Å². The van der Waals surface area contributed by atoms with E-state index in [2.05, 4.69) is 5.32 Å². The Kier molecular flexibility index (Phi) is 6.27. The molecule has 0 atom stereocenters. The first-order valence-corrected chi connectivity index (χ1v) is 9.70. The summed E-state index contributed by atoms with van der Waals surface area (Å²) in [5.74, 6) is 0.122. The van der Waals surface area contributed by atoms with Crippen molar-refractivity contribution in [2.24, 2.45) is 0 Å². The van der Waals surface area contributed by atoms with Crippen LogP contribution in [-0.4, -0.2) is 34.2 Å². The van der Waals surface area contributed by atoms with Crippen molar-refractivity contribution >= 4 is 38.9 Å². The molecule has 1 amide bonds. The van der Waals surface area contributed by atoms with Crippen molar-refractivity contribution in [2.75, 3.05) is 29.5 Å². The number of halogens is 1.